The highest BCUT2D eigenvalue weighted by Gasteiger charge is 2.35. The minimum absolute atomic E-state index is 0.0728. The van der Waals surface area contributed by atoms with Crippen LogP contribution in [-0.4, -0.2) is 28.2 Å². The van der Waals surface area contributed by atoms with Gasteiger partial charge in [-0.15, -0.1) is 0 Å². The van der Waals surface area contributed by atoms with Gasteiger partial charge in [0.2, 0.25) is 5.82 Å². The molecule has 0 spiro atoms. The first kappa shape index (κ1) is 12.0. The summed E-state index contributed by atoms with van der Waals surface area (Å²) in [5, 5.41) is 10.6. The fourth-order valence-corrected chi connectivity index (χ4v) is 1.00. The van der Waals surface area contributed by atoms with Gasteiger partial charge in [0.15, 0.2) is 0 Å². The van der Waals surface area contributed by atoms with Crippen molar-refractivity contribution in [2.45, 2.75) is 6.18 Å². The molecule has 0 bridgehead atoms. The lowest BCUT2D eigenvalue weighted by Gasteiger charge is -2.08. The van der Waals surface area contributed by atoms with Crippen molar-refractivity contribution in [3.63, 3.8) is 0 Å². The molecule has 2 N–H and O–H groups in total. The van der Waals surface area contributed by atoms with Gasteiger partial charge < -0.3 is 10.4 Å². The highest BCUT2D eigenvalue weighted by Crippen LogP contribution is 2.28. The van der Waals surface area contributed by atoms with Gasteiger partial charge in [-0.3, -0.25) is 0 Å². The Morgan fingerprint density at radius 1 is 1.40 bits per heavy atom. The molecule has 0 aromatic carbocycles. The molecule has 0 aliphatic carbocycles. The van der Waals surface area contributed by atoms with Crippen LogP contribution >= 0.6 is 11.6 Å². The number of rotatable bonds is 3. The molecule has 0 atom stereocenters. The predicted molar refractivity (Wildman–Crippen MR) is 47.6 cm³/mol. The van der Waals surface area contributed by atoms with Gasteiger partial charge in [0, 0.05) is 12.6 Å². The molecule has 0 saturated heterocycles. The Morgan fingerprint density at radius 2 is 2.07 bits per heavy atom. The lowest BCUT2D eigenvalue weighted by molar-refractivity contribution is -0.144. The molecule has 8 heteroatoms. The summed E-state index contributed by atoms with van der Waals surface area (Å²) in [7, 11) is 0. The summed E-state index contributed by atoms with van der Waals surface area (Å²) in [6, 6.07) is 1.15. The number of aliphatic hydroxyl groups excluding tert-OH is 1. The standard InChI is InChI=1S/C7H7ClF3N3O/c8-4-3-5(12-1-2-15)14-6(13-4)7(9,10)11/h3,15H,1-2H2,(H,12,13,14). The first-order chi connectivity index (χ1) is 6.93. The van der Waals surface area contributed by atoms with E-state index in [4.69, 9.17) is 16.7 Å². The van der Waals surface area contributed by atoms with Crippen molar-refractivity contribution >= 4 is 17.4 Å². The van der Waals surface area contributed by atoms with Crippen molar-refractivity contribution in [2.75, 3.05) is 18.5 Å². The maximum Gasteiger partial charge on any atom is 0.451 e. The molecular formula is C7H7ClF3N3O. The molecule has 15 heavy (non-hydrogen) atoms. The highest BCUT2D eigenvalue weighted by molar-refractivity contribution is 6.29. The summed E-state index contributed by atoms with van der Waals surface area (Å²) in [6.45, 7) is -0.131. The molecule has 84 valence electrons. The van der Waals surface area contributed by atoms with Crippen molar-refractivity contribution in [3.8, 4) is 0 Å². The third-order valence-electron chi connectivity index (χ3n) is 1.37. The monoisotopic (exact) mass is 241 g/mol. The number of nitrogens with zero attached hydrogens (tertiary/aromatic N) is 2. The van der Waals surface area contributed by atoms with Crippen molar-refractivity contribution in [1.29, 1.82) is 0 Å². The number of halogens is 4. The summed E-state index contributed by atoms with van der Waals surface area (Å²) in [5.41, 5.74) is 0. The average Bonchev–Trinajstić information content (AvgIpc) is 2.12. The van der Waals surface area contributed by atoms with Crippen LogP contribution in [0.2, 0.25) is 5.15 Å². The van der Waals surface area contributed by atoms with Crippen LogP contribution < -0.4 is 5.32 Å². The molecule has 0 amide bonds. The first-order valence-electron chi connectivity index (χ1n) is 3.90. The molecule has 0 aliphatic heterocycles. The highest BCUT2D eigenvalue weighted by atomic mass is 35.5. The van der Waals surface area contributed by atoms with Gasteiger partial charge in [0.05, 0.1) is 6.61 Å². The Morgan fingerprint density at radius 3 is 2.60 bits per heavy atom. The largest absolute Gasteiger partial charge is 0.451 e. The Balaban J connectivity index is 2.95. The molecule has 0 radical (unpaired) electrons. The van der Waals surface area contributed by atoms with Crippen LogP contribution in [0.4, 0.5) is 19.0 Å². The Bertz CT molecular complexity index is 345. The second-order valence-corrected chi connectivity index (χ2v) is 2.93. The van der Waals surface area contributed by atoms with Crippen LogP contribution in [0.1, 0.15) is 5.82 Å². The molecular weight excluding hydrogens is 235 g/mol. The Kier molecular flexibility index (Phi) is 3.70. The second kappa shape index (κ2) is 4.63. The zero-order valence-electron chi connectivity index (χ0n) is 7.35. The average molecular weight is 242 g/mol. The van der Waals surface area contributed by atoms with E-state index < -0.39 is 12.0 Å². The topological polar surface area (TPSA) is 58.0 Å². The van der Waals surface area contributed by atoms with E-state index in [9.17, 15) is 13.2 Å². The van der Waals surface area contributed by atoms with Crippen LogP contribution in [0.3, 0.4) is 0 Å². The van der Waals surface area contributed by atoms with Crippen LogP contribution in [0.5, 0.6) is 0 Å². The van der Waals surface area contributed by atoms with E-state index in [0.717, 1.165) is 6.07 Å². The summed E-state index contributed by atoms with van der Waals surface area (Å²) in [6.07, 6.45) is -4.64. The van der Waals surface area contributed by atoms with Crippen LogP contribution in [0.25, 0.3) is 0 Å². The fraction of sp³-hybridized carbons (Fsp3) is 0.429. The van der Waals surface area contributed by atoms with E-state index in [1.165, 1.54) is 0 Å². The zero-order valence-corrected chi connectivity index (χ0v) is 8.10. The molecule has 1 heterocycles. The lowest BCUT2D eigenvalue weighted by atomic mass is 10.5. The number of anilines is 1. The van der Waals surface area contributed by atoms with E-state index in [1.54, 1.807) is 0 Å². The van der Waals surface area contributed by atoms with Crippen molar-refractivity contribution in [1.82, 2.24) is 9.97 Å². The quantitative estimate of drug-likeness (QED) is 0.789. The normalized spacial score (nSPS) is 11.5. The van der Waals surface area contributed by atoms with E-state index in [2.05, 4.69) is 15.3 Å². The van der Waals surface area contributed by atoms with Crippen LogP contribution in [-0.2, 0) is 6.18 Å². The van der Waals surface area contributed by atoms with Crippen LogP contribution in [0.15, 0.2) is 6.07 Å². The molecule has 4 nitrogen and oxygen atoms in total. The third kappa shape index (κ3) is 3.52. The number of nitrogens with one attached hydrogen (secondary N) is 1. The van der Waals surface area contributed by atoms with E-state index in [0.29, 0.717) is 0 Å². The van der Waals surface area contributed by atoms with Gasteiger partial charge in [-0.1, -0.05) is 11.6 Å². The molecule has 0 saturated carbocycles. The zero-order chi connectivity index (χ0) is 11.5. The summed E-state index contributed by atoms with van der Waals surface area (Å²) < 4.78 is 36.6. The Hall–Kier alpha value is -1.08. The molecule has 1 rings (SSSR count). The van der Waals surface area contributed by atoms with Crippen molar-refractivity contribution in [3.05, 3.63) is 17.0 Å². The summed E-state index contributed by atoms with van der Waals surface area (Å²) >= 11 is 5.38. The van der Waals surface area contributed by atoms with Crippen molar-refractivity contribution in [2.24, 2.45) is 0 Å². The minimum Gasteiger partial charge on any atom is -0.395 e. The summed E-state index contributed by atoms with van der Waals surface area (Å²) in [5.74, 6) is -1.38. The van der Waals surface area contributed by atoms with E-state index in [1.807, 2.05) is 0 Å². The van der Waals surface area contributed by atoms with Gasteiger partial charge in [-0.2, -0.15) is 13.2 Å². The summed E-state index contributed by atoms with van der Waals surface area (Å²) in [4.78, 5) is 6.24. The van der Waals surface area contributed by atoms with Crippen LogP contribution in [0, 0.1) is 0 Å². The molecule has 1 aromatic rings. The van der Waals surface area contributed by atoms with E-state index >= 15 is 0 Å². The maximum absolute atomic E-state index is 12.2. The SMILES string of the molecule is OCCNc1cc(Cl)nc(C(F)(F)F)n1. The number of alkyl halides is 3. The van der Waals surface area contributed by atoms with Gasteiger partial charge in [0.25, 0.3) is 0 Å². The molecule has 1 aromatic heterocycles. The van der Waals surface area contributed by atoms with E-state index in [-0.39, 0.29) is 24.1 Å². The Labute approximate surface area is 88.1 Å². The molecule has 0 fully saturated rings. The van der Waals surface area contributed by atoms with Gasteiger partial charge >= 0.3 is 6.18 Å². The number of aliphatic hydroxyl groups is 1. The number of hydrogen-bond acceptors (Lipinski definition) is 4. The fourth-order valence-electron chi connectivity index (χ4n) is 0.819. The van der Waals surface area contributed by atoms with Crippen molar-refractivity contribution < 1.29 is 18.3 Å². The van der Waals surface area contributed by atoms with Gasteiger partial charge in [-0.05, 0) is 0 Å². The third-order valence-corrected chi connectivity index (χ3v) is 1.56. The van der Waals surface area contributed by atoms with Gasteiger partial charge in [-0.25, -0.2) is 9.97 Å². The second-order valence-electron chi connectivity index (χ2n) is 2.55. The predicted octanol–water partition coefficient (Wildman–Crippen LogP) is 1.55. The molecule has 0 unspecified atom stereocenters. The molecule has 0 aliphatic rings. The first-order valence-corrected chi connectivity index (χ1v) is 4.28. The number of aromatic nitrogens is 2. The number of hydrogen-bond donors (Lipinski definition) is 2. The van der Waals surface area contributed by atoms with Gasteiger partial charge in [0.1, 0.15) is 11.0 Å². The minimum atomic E-state index is -4.64. The lowest BCUT2D eigenvalue weighted by Crippen LogP contribution is -2.14. The smallest absolute Gasteiger partial charge is 0.395 e. The maximum atomic E-state index is 12.2.